The van der Waals surface area contributed by atoms with Crippen molar-refractivity contribution in [3.05, 3.63) is 72.5 Å². The first-order valence-electron chi connectivity index (χ1n) is 6.64. The topological polar surface area (TPSA) is 12.5 Å². The highest BCUT2D eigenvalue weighted by molar-refractivity contribution is 5.47. The normalized spacial score (nSPS) is 14.9. The van der Waals surface area contributed by atoms with Gasteiger partial charge in [0.15, 0.2) is 0 Å². The van der Waals surface area contributed by atoms with Crippen molar-refractivity contribution < 1.29 is 4.74 Å². The largest absolute Gasteiger partial charge is 0.462 e. The summed E-state index contributed by atoms with van der Waals surface area (Å²) in [6.45, 7) is 1.91. The zero-order valence-corrected chi connectivity index (χ0v) is 10.8. The number of benzene rings is 2. The van der Waals surface area contributed by atoms with Crippen LogP contribution in [0.4, 0.5) is 5.69 Å². The van der Waals surface area contributed by atoms with E-state index in [4.69, 9.17) is 4.74 Å². The van der Waals surface area contributed by atoms with Crippen LogP contribution in [0.1, 0.15) is 6.42 Å². The zero-order valence-electron chi connectivity index (χ0n) is 10.8. The van der Waals surface area contributed by atoms with Crippen LogP contribution in [-0.4, -0.2) is 13.1 Å². The zero-order chi connectivity index (χ0) is 12.9. The Balaban J connectivity index is 1.64. The molecule has 1 aliphatic rings. The molecule has 2 aromatic carbocycles. The molecule has 0 radical (unpaired) electrons. The Kier molecular flexibility index (Phi) is 3.50. The summed E-state index contributed by atoms with van der Waals surface area (Å²) in [7, 11) is 0. The van der Waals surface area contributed by atoms with E-state index in [1.807, 2.05) is 36.4 Å². The molecule has 1 aliphatic heterocycles. The monoisotopic (exact) mass is 251 g/mol. The predicted octanol–water partition coefficient (Wildman–Crippen LogP) is 3.86. The summed E-state index contributed by atoms with van der Waals surface area (Å²) in [6.07, 6.45) is 3.12. The summed E-state index contributed by atoms with van der Waals surface area (Å²) < 4.78 is 5.87. The highest BCUT2D eigenvalue weighted by Gasteiger charge is 2.13. The van der Waals surface area contributed by atoms with Gasteiger partial charge in [-0.1, -0.05) is 36.4 Å². The molecule has 0 bridgehead atoms. The lowest BCUT2D eigenvalue weighted by Gasteiger charge is -2.28. The Bertz CT molecular complexity index is 548. The minimum absolute atomic E-state index is 0.909. The fraction of sp³-hybridized carbons (Fsp3) is 0.176. The van der Waals surface area contributed by atoms with E-state index in [1.54, 1.807) is 0 Å². The second kappa shape index (κ2) is 5.61. The molecule has 0 saturated carbocycles. The Morgan fingerprint density at radius 3 is 2.16 bits per heavy atom. The molecule has 2 nitrogen and oxygen atoms in total. The first-order valence-corrected chi connectivity index (χ1v) is 6.64. The molecule has 2 aromatic rings. The maximum absolute atomic E-state index is 5.87. The van der Waals surface area contributed by atoms with Gasteiger partial charge in [0, 0.05) is 25.2 Å². The summed E-state index contributed by atoms with van der Waals surface area (Å²) in [4.78, 5) is 2.36. The fourth-order valence-corrected chi connectivity index (χ4v) is 2.26. The van der Waals surface area contributed by atoms with Crippen LogP contribution in [0.2, 0.25) is 0 Å². The molecule has 3 rings (SSSR count). The lowest BCUT2D eigenvalue weighted by atomic mass is 10.2. The van der Waals surface area contributed by atoms with E-state index in [0.717, 1.165) is 31.0 Å². The molecule has 0 spiro atoms. The maximum Gasteiger partial charge on any atom is 0.126 e. The quantitative estimate of drug-likeness (QED) is 0.821. The molecule has 19 heavy (non-hydrogen) atoms. The molecular formula is C17H17NO. The average Bonchev–Trinajstić information content (AvgIpc) is 2.50. The Labute approximate surface area is 113 Å². The molecule has 1 heterocycles. The van der Waals surface area contributed by atoms with Crippen molar-refractivity contribution in [1.29, 1.82) is 0 Å². The number of rotatable bonds is 3. The smallest absolute Gasteiger partial charge is 0.126 e. The first-order chi connectivity index (χ1) is 9.42. The summed E-state index contributed by atoms with van der Waals surface area (Å²) in [6, 6.07) is 20.5. The number of hydrogen-bond acceptors (Lipinski definition) is 2. The second-order valence-corrected chi connectivity index (χ2v) is 4.62. The fourth-order valence-electron chi connectivity index (χ4n) is 2.26. The van der Waals surface area contributed by atoms with Crippen molar-refractivity contribution in [1.82, 2.24) is 0 Å². The van der Waals surface area contributed by atoms with Crippen LogP contribution >= 0.6 is 0 Å². The van der Waals surface area contributed by atoms with E-state index in [2.05, 4.69) is 35.2 Å². The number of nitrogens with zero attached hydrogens (tertiary/aromatic N) is 1. The molecule has 0 N–H and O–H groups in total. The minimum atomic E-state index is 0.909. The van der Waals surface area contributed by atoms with Gasteiger partial charge in [0.05, 0.1) is 0 Å². The lowest BCUT2D eigenvalue weighted by molar-refractivity contribution is 0.395. The van der Waals surface area contributed by atoms with Crippen LogP contribution in [-0.2, 0) is 0 Å². The highest BCUT2D eigenvalue weighted by Crippen LogP contribution is 2.21. The summed E-state index contributed by atoms with van der Waals surface area (Å²) in [5.41, 5.74) is 1.28. The molecule has 0 unspecified atom stereocenters. The van der Waals surface area contributed by atoms with Crippen molar-refractivity contribution in [3.8, 4) is 5.75 Å². The lowest BCUT2D eigenvalue weighted by Crippen LogP contribution is -2.29. The van der Waals surface area contributed by atoms with E-state index in [0.29, 0.717) is 0 Å². The van der Waals surface area contributed by atoms with E-state index in [-0.39, 0.29) is 0 Å². The molecule has 0 aliphatic carbocycles. The van der Waals surface area contributed by atoms with Crippen molar-refractivity contribution in [2.75, 3.05) is 18.0 Å². The van der Waals surface area contributed by atoms with E-state index in [1.165, 1.54) is 5.69 Å². The molecule has 0 amide bonds. The maximum atomic E-state index is 5.87. The standard InChI is InChI=1S/C17H17NO/c1-3-7-15(8-4-1)18-13-11-17(12-14-18)19-16-9-5-2-6-10-16/h1-11H,12-14H2. The average molecular weight is 251 g/mol. The predicted molar refractivity (Wildman–Crippen MR) is 78.4 cm³/mol. The van der Waals surface area contributed by atoms with Crippen molar-refractivity contribution >= 4 is 5.69 Å². The highest BCUT2D eigenvalue weighted by atomic mass is 16.5. The Hall–Kier alpha value is -2.22. The van der Waals surface area contributed by atoms with Gasteiger partial charge in [-0.25, -0.2) is 0 Å². The van der Waals surface area contributed by atoms with Crippen molar-refractivity contribution in [2.45, 2.75) is 6.42 Å². The van der Waals surface area contributed by atoms with Crippen LogP contribution in [0, 0.1) is 0 Å². The van der Waals surface area contributed by atoms with Crippen molar-refractivity contribution in [2.24, 2.45) is 0 Å². The van der Waals surface area contributed by atoms with Gasteiger partial charge < -0.3 is 9.64 Å². The number of para-hydroxylation sites is 2. The third kappa shape index (κ3) is 2.97. The van der Waals surface area contributed by atoms with E-state index in [9.17, 15) is 0 Å². The molecule has 2 heteroatoms. The Morgan fingerprint density at radius 1 is 0.842 bits per heavy atom. The van der Waals surface area contributed by atoms with E-state index >= 15 is 0 Å². The van der Waals surface area contributed by atoms with Gasteiger partial charge >= 0.3 is 0 Å². The third-order valence-corrected chi connectivity index (χ3v) is 3.28. The van der Waals surface area contributed by atoms with Crippen LogP contribution in [0.25, 0.3) is 0 Å². The molecular weight excluding hydrogens is 234 g/mol. The third-order valence-electron chi connectivity index (χ3n) is 3.28. The molecule has 96 valence electrons. The van der Waals surface area contributed by atoms with Gasteiger partial charge in [-0.15, -0.1) is 0 Å². The van der Waals surface area contributed by atoms with Crippen LogP contribution < -0.4 is 9.64 Å². The van der Waals surface area contributed by atoms with Gasteiger partial charge in [-0.3, -0.25) is 0 Å². The summed E-state index contributed by atoms with van der Waals surface area (Å²) >= 11 is 0. The van der Waals surface area contributed by atoms with Gasteiger partial charge in [-0.2, -0.15) is 0 Å². The Morgan fingerprint density at radius 2 is 1.53 bits per heavy atom. The SMILES string of the molecule is C1=C(Oc2ccccc2)CCN(c2ccccc2)C1. The first kappa shape index (κ1) is 11.8. The van der Waals surface area contributed by atoms with Gasteiger partial charge in [-0.05, 0) is 30.3 Å². The van der Waals surface area contributed by atoms with Crippen molar-refractivity contribution in [3.63, 3.8) is 0 Å². The second-order valence-electron chi connectivity index (χ2n) is 4.62. The van der Waals surface area contributed by atoms with E-state index < -0.39 is 0 Å². The minimum Gasteiger partial charge on any atom is -0.462 e. The van der Waals surface area contributed by atoms with Crippen LogP contribution in [0.15, 0.2) is 72.5 Å². The van der Waals surface area contributed by atoms with Crippen LogP contribution in [0.5, 0.6) is 5.75 Å². The number of ether oxygens (including phenoxy) is 1. The summed E-state index contributed by atoms with van der Waals surface area (Å²) in [5, 5.41) is 0. The summed E-state index contributed by atoms with van der Waals surface area (Å²) in [5.74, 6) is 1.99. The van der Waals surface area contributed by atoms with Gasteiger partial charge in [0.2, 0.25) is 0 Å². The van der Waals surface area contributed by atoms with Gasteiger partial charge in [0.1, 0.15) is 11.5 Å². The van der Waals surface area contributed by atoms with Crippen LogP contribution in [0.3, 0.4) is 0 Å². The van der Waals surface area contributed by atoms with Gasteiger partial charge in [0.25, 0.3) is 0 Å². The molecule has 0 atom stereocenters. The molecule has 0 saturated heterocycles. The molecule has 0 aromatic heterocycles. The molecule has 0 fully saturated rings. The number of anilines is 1. The number of hydrogen-bond donors (Lipinski definition) is 0.